The maximum atomic E-state index is 13.5. The van der Waals surface area contributed by atoms with E-state index in [4.69, 9.17) is 0 Å². The standard InChI is InChI=1S/C10H11BrFN/c11-9-3-1-2-8(10(9)12)4-7-5-13-6-7/h1-3,7,13H,4-6H2. The fraction of sp³-hybridized carbons (Fsp3) is 0.400. The lowest BCUT2D eigenvalue weighted by molar-refractivity contribution is 0.342. The van der Waals surface area contributed by atoms with Crippen LogP contribution in [0, 0.1) is 11.7 Å². The van der Waals surface area contributed by atoms with Gasteiger partial charge >= 0.3 is 0 Å². The van der Waals surface area contributed by atoms with Gasteiger partial charge in [-0.25, -0.2) is 4.39 Å². The van der Waals surface area contributed by atoms with Crippen LogP contribution in [0.25, 0.3) is 0 Å². The highest BCUT2D eigenvalue weighted by atomic mass is 79.9. The first kappa shape index (κ1) is 9.16. The highest BCUT2D eigenvalue weighted by Gasteiger charge is 2.19. The fourth-order valence-corrected chi connectivity index (χ4v) is 1.92. The lowest BCUT2D eigenvalue weighted by atomic mass is 9.94. The Hall–Kier alpha value is -0.410. The largest absolute Gasteiger partial charge is 0.316 e. The first-order valence-electron chi connectivity index (χ1n) is 4.41. The van der Waals surface area contributed by atoms with Crippen LogP contribution in [0.15, 0.2) is 22.7 Å². The van der Waals surface area contributed by atoms with E-state index in [9.17, 15) is 4.39 Å². The van der Waals surface area contributed by atoms with E-state index in [1.54, 1.807) is 6.07 Å². The highest BCUT2D eigenvalue weighted by molar-refractivity contribution is 9.10. The van der Waals surface area contributed by atoms with Gasteiger partial charge in [-0.3, -0.25) is 0 Å². The van der Waals surface area contributed by atoms with Gasteiger partial charge in [-0.15, -0.1) is 0 Å². The summed E-state index contributed by atoms with van der Waals surface area (Å²) in [7, 11) is 0. The number of rotatable bonds is 2. The smallest absolute Gasteiger partial charge is 0.140 e. The Morgan fingerprint density at radius 1 is 1.46 bits per heavy atom. The van der Waals surface area contributed by atoms with Gasteiger partial charge in [-0.2, -0.15) is 0 Å². The summed E-state index contributed by atoms with van der Waals surface area (Å²) in [5, 5.41) is 3.18. The Bertz CT molecular complexity index is 310. The molecule has 1 saturated heterocycles. The molecule has 0 aromatic heterocycles. The molecule has 0 aliphatic carbocycles. The first-order valence-corrected chi connectivity index (χ1v) is 5.20. The molecule has 0 saturated carbocycles. The molecule has 3 heteroatoms. The van der Waals surface area contributed by atoms with Crippen molar-refractivity contribution >= 4 is 15.9 Å². The van der Waals surface area contributed by atoms with Crippen LogP contribution in [0.2, 0.25) is 0 Å². The van der Waals surface area contributed by atoms with E-state index in [2.05, 4.69) is 21.2 Å². The van der Waals surface area contributed by atoms with E-state index in [1.165, 1.54) is 0 Å². The molecule has 0 bridgehead atoms. The molecular formula is C10H11BrFN. The van der Waals surface area contributed by atoms with E-state index < -0.39 is 0 Å². The predicted molar refractivity (Wildman–Crippen MR) is 54.2 cm³/mol. The molecule has 0 radical (unpaired) electrons. The number of nitrogens with one attached hydrogen (secondary N) is 1. The summed E-state index contributed by atoms with van der Waals surface area (Å²) in [4.78, 5) is 0. The second kappa shape index (κ2) is 3.76. The summed E-state index contributed by atoms with van der Waals surface area (Å²) in [6, 6.07) is 5.48. The van der Waals surface area contributed by atoms with E-state index in [1.807, 2.05) is 12.1 Å². The second-order valence-electron chi connectivity index (χ2n) is 3.44. The van der Waals surface area contributed by atoms with Gasteiger partial charge in [-0.05, 0) is 53.0 Å². The maximum absolute atomic E-state index is 13.5. The van der Waals surface area contributed by atoms with Crippen molar-refractivity contribution in [1.29, 1.82) is 0 Å². The lowest BCUT2D eigenvalue weighted by Crippen LogP contribution is -2.43. The minimum Gasteiger partial charge on any atom is -0.316 e. The zero-order chi connectivity index (χ0) is 9.26. The van der Waals surface area contributed by atoms with Gasteiger partial charge in [0.2, 0.25) is 0 Å². The van der Waals surface area contributed by atoms with Crippen molar-refractivity contribution in [2.45, 2.75) is 6.42 Å². The molecule has 70 valence electrons. The monoisotopic (exact) mass is 243 g/mol. The van der Waals surface area contributed by atoms with Crippen LogP contribution in [0.5, 0.6) is 0 Å². The van der Waals surface area contributed by atoms with E-state index in [0.29, 0.717) is 10.4 Å². The number of benzene rings is 1. The van der Waals surface area contributed by atoms with Crippen LogP contribution < -0.4 is 5.32 Å². The van der Waals surface area contributed by atoms with Crippen molar-refractivity contribution in [3.63, 3.8) is 0 Å². The summed E-state index contributed by atoms with van der Waals surface area (Å²) in [6.07, 6.45) is 0.846. The van der Waals surface area contributed by atoms with Gasteiger partial charge in [0.25, 0.3) is 0 Å². The third kappa shape index (κ3) is 1.92. The van der Waals surface area contributed by atoms with Crippen molar-refractivity contribution < 1.29 is 4.39 Å². The first-order chi connectivity index (χ1) is 6.27. The molecule has 1 aromatic rings. The quantitative estimate of drug-likeness (QED) is 0.842. The topological polar surface area (TPSA) is 12.0 Å². The van der Waals surface area contributed by atoms with Crippen LogP contribution in [0.3, 0.4) is 0 Å². The van der Waals surface area contributed by atoms with Crippen LogP contribution in [0.1, 0.15) is 5.56 Å². The van der Waals surface area contributed by atoms with Gasteiger partial charge in [0, 0.05) is 0 Å². The SMILES string of the molecule is Fc1c(Br)cccc1CC1CNC1. The minimum absolute atomic E-state index is 0.102. The average Bonchev–Trinajstić information content (AvgIpc) is 2.04. The van der Waals surface area contributed by atoms with Crippen molar-refractivity contribution in [3.8, 4) is 0 Å². The number of hydrogen-bond donors (Lipinski definition) is 1. The fourth-order valence-electron chi connectivity index (χ4n) is 1.51. The summed E-state index contributed by atoms with van der Waals surface area (Å²) in [5.74, 6) is 0.512. The van der Waals surface area contributed by atoms with Crippen molar-refractivity contribution in [1.82, 2.24) is 5.32 Å². The highest BCUT2D eigenvalue weighted by Crippen LogP contribution is 2.21. The Balaban J connectivity index is 2.14. The molecule has 2 rings (SSSR count). The normalized spacial score (nSPS) is 17.1. The van der Waals surface area contributed by atoms with Crippen LogP contribution in [-0.2, 0) is 6.42 Å². The summed E-state index contributed by atoms with van der Waals surface area (Å²) in [6.45, 7) is 2.04. The minimum atomic E-state index is -0.102. The van der Waals surface area contributed by atoms with Gasteiger partial charge < -0.3 is 5.32 Å². The molecule has 0 unspecified atom stereocenters. The molecule has 1 fully saturated rings. The van der Waals surface area contributed by atoms with Crippen LogP contribution in [-0.4, -0.2) is 13.1 Å². The second-order valence-corrected chi connectivity index (χ2v) is 4.30. The zero-order valence-electron chi connectivity index (χ0n) is 7.19. The molecule has 0 amide bonds. The van der Waals surface area contributed by atoms with Crippen LogP contribution >= 0.6 is 15.9 Å². The third-order valence-electron chi connectivity index (χ3n) is 2.41. The predicted octanol–water partition coefficient (Wildman–Crippen LogP) is 2.35. The average molecular weight is 244 g/mol. The zero-order valence-corrected chi connectivity index (χ0v) is 8.77. The van der Waals surface area contributed by atoms with Gasteiger partial charge in [0.05, 0.1) is 4.47 Å². The molecule has 1 nitrogen and oxygen atoms in total. The van der Waals surface area contributed by atoms with Crippen molar-refractivity contribution in [2.24, 2.45) is 5.92 Å². The molecule has 1 heterocycles. The molecule has 13 heavy (non-hydrogen) atoms. The van der Waals surface area contributed by atoms with E-state index in [-0.39, 0.29) is 5.82 Å². The Labute approximate surface area is 85.5 Å². The molecule has 1 aromatic carbocycles. The third-order valence-corrected chi connectivity index (χ3v) is 3.02. The molecule has 1 N–H and O–H groups in total. The Morgan fingerprint density at radius 3 is 2.85 bits per heavy atom. The van der Waals surface area contributed by atoms with E-state index in [0.717, 1.165) is 25.1 Å². The van der Waals surface area contributed by atoms with Crippen molar-refractivity contribution in [3.05, 3.63) is 34.1 Å². The molecule has 1 aliphatic rings. The van der Waals surface area contributed by atoms with Gasteiger partial charge in [-0.1, -0.05) is 12.1 Å². The summed E-state index contributed by atoms with van der Waals surface area (Å²) in [5.41, 5.74) is 0.820. The Kier molecular flexibility index (Phi) is 2.65. The molecular weight excluding hydrogens is 233 g/mol. The molecule has 0 atom stereocenters. The van der Waals surface area contributed by atoms with Gasteiger partial charge in [0.1, 0.15) is 5.82 Å². The molecule has 0 spiro atoms. The lowest BCUT2D eigenvalue weighted by Gasteiger charge is -2.27. The summed E-state index contributed by atoms with van der Waals surface area (Å²) < 4.78 is 14.0. The van der Waals surface area contributed by atoms with Gasteiger partial charge in [0.15, 0.2) is 0 Å². The number of halogens is 2. The van der Waals surface area contributed by atoms with Crippen LogP contribution in [0.4, 0.5) is 4.39 Å². The van der Waals surface area contributed by atoms with Crippen molar-refractivity contribution in [2.75, 3.05) is 13.1 Å². The molecule has 1 aliphatic heterocycles. The van der Waals surface area contributed by atoms with E-state index >= 15 is 0 Å². The maximum Gasteiger partial charge on any atom is 0.140 e. The summed E-state index contributed by atoms with van der Waals surface area (Å²) >= 11 is 3.19. The Morgan fingerprint density at radius 2 is 2.23 bits per heavy atom. The number of hydrogen-bond acceptors (Lipinski definition) is 1.